The van der Waals surface area contributed by atoms with Gasteiger partial charge in [0.15, 0.2) is 0 Å². The van der Waals surface area contributed by atoms with E-state index in [1.54, 1.807) is 24.6 Å². The monoisotopic (exact) mass is 563 g/mol. The highest BCUT2D eigenvalue weighted by atomic mass is 32.2. The first kappa shape index (κ1) is 27.2. The molecule has 2 fully saturated rings. The summed E-state index contributed by atoms with van der Waals surface area (Å²) in [5.41, 5.74) is 2.32. The lowest BCUT2D eigenvalue weighted by Crippen LogP contribution is -2.48. The molecule has 2 aliphatic rings. The van der Waals surface area contributed by atoms with E-state index in [4.69, 9.17) is 9.72 Å². The first-order valence-electron chi connectivity index (χ1n) is 13.2. The Balaban J connectivity index is 1.14. The predicted molar refractivity (Wildman–Crippen MR) is 156 cm³/mol. The Bertz CT molecular complexity index is 1300. The van der Waals surface area contributed by atoms with E-state index in [0.717, 1.165) is 47.4 Å². The van der Waals surface area contributed by atoms with Crippen molar-refractivity contribution in [3.05, 3.63) is 76.9 Å². The van der Waals surface area contributed by atoms with E-state index in [1.807, 2.05) is 45.5 Å². The molecule has 2 saturated heterocycles. The number of hydrogen-bond donors (Lipinski definition) is 0. The number of thiazole rings is 1. The van der Waals surface area contributed by atoms with Crippen LogP contribution >= 0.6 is 23.1 Å². The molecule has 0 radical (unpaired) electrons. The van der Waals surface area contributed by atoms with Crippen molar-refractivity contribution in [1.82, 2.24) is 19.8 Å². The second-order valence-corrected chi connectivity index (χ2v) is 11.5. The van der Waals surface area contributed by atoms with Crippen LogP contribution in [0.4, 0.5) is 5.69 Å². The molecule has 10 heteroatoms. The van der Waals surface area contributed by atoms with Gasteiger partial charge in [-0.1, -0.05) is 6.08 Å². The summed E-state index contributed by atoms with van der Waals surface area (Å²) in [5, 5.41) is 3.63. The van der Waals surface area contributed by atoms with Gasteiger partial charge in [0, 0.05) is 68.2 Å². The molecule has 204 valence electrons. The quantitative estimate of drug-likeness (QED) is 0.288. The summed E-state index contributed by atoms with van der Waals surface area (Å²) in [6.07, 6.45) is 5.21. The van der Waals surface area contributed by atoms with Crippen LogP contribution in [0.1, 0.15) is 44.6 Å². The number of piperidine rings is 1. The van der Waals surface area contributed by atoms with Crippen molar-refractivity contribution in [2.24, 2.45) is 0 Å². The summed E-state index contributed by atoms with van der Waals surface area (Å²) < 4.78 is 5.25. The molecule has 4 heterocycles. The van der Waals surface area contributed by atoms with E-state index >= 15 is 0 Å². The molecule has 2 aromatic heterocycles. The number of rotatable bonds is 8. The third-order valence-corrected chi connectivity index (χ3v) is 9.22. The van der Waals surface area contributed by atoms with Gasteiger partial charge in [0.05, 0.1) is 17.7 Å². The summed E-state index contributed by atoms with van der Waals surface area (Å²) in [6.45, 7) is 7.99. The normalized spacial score (nSPS) is 16.3. The maximum absolute atomic E-state index is 13.2. The first-order valence-corrected chi connectivity index (χ1v) is 15.1. The number of methoxy groups -OCH3 is 1. The van der Waals surface area contributed by atoms with Crippen molar-refractivity contribution in [2.75, 3.05) is 57.0 Å². The van der Waals surface area contributed by atoms with E-state index < -0.39 is 0 Å². The van der Waals surface area contributed by atoms with Crippen LogP contribution in [0.15, 0.2) is 65.7 Å². The highest BCUT2D eigenvalue weighted by Gasteiger charge is 2.29. The molecule has 0 N–H and O–H groups in total. The lowest BCUT2D eigenvalue weighted by atomic mass is 9.97. The number of thioether (sulfide) groups is 1. The molecule has 8 nitrogen and oxygen atoms in total. The van der Waals surface area contributed by atoms with E-state index in [1.165, 1.54) is 11.8 Å². The number of piperazine rings is 1. The minimum absolute atomic E-state index is 0.000579. The third kappa shape index (κ3) is 6.28. The Morgan fingerprint density at radius 2 is 1.77 bits per heavy atom. The van der Waals surface area contributed by atoms with Crippen LogP contribution in [-0.2, 0) is 0 Å². The molecule has 5 rings (SSSR count). The van der Waals surface area contributed by atoms with Gasteiger partial charge in [-0.3, -0.25) is 9.59 Å². The molecule has 3 aromatic rings. The SMILES string of the molecule is C=CCSc1ncccc1C(=O)N1CCC(c2nc(C(=O)N3CCN(c4ccc(OC)cc4)CC3)cs2)CC1. The standard InChI is InChI=1S/C29H33N5O3S2/c1-3-19-38-27-24(5-4-12-30-27)28(35)33-13-10-21(11-14-33)26-31-25(20-39-26)29(36)34-17-15-32(16-18-34)22-6-8-23(37-2)9-7-22/h3-9,12,20-21H,1,10-11,13-19H2,2H3. The lowest BCUT2D eigenvalue weighted by molar-refractivity contribution is 0.0708. The zero-order valence-corrected chi connectivity index (χ0v) is 23.8. The van der Waals surface area contributed by atoms with Gasteiger partial charge in [0.2, 0.25) is 0 Å². The number of pyridine rings is 1. The molecule has 1 aromatic carbocycles. The fraction of sp³-hybridized carbons (Fsp3) is 0.379. The van der Waals surface area contributed by atoms with Crippen molar-refractivity contribution >= 4 is 40.6 Å². The smallest absolute Gasteiger partial charge is 0.273 e. The number of benzene rings is 1. The topological polar surface area (TPSA) is 78.9 Å². The van der Waals surface area contributed by atoms with Crippen molar-refractivity contribution in [2.45, 2.75) is 23.8 Å². The number of likely N-dealkylation sites (tertiary alicyclic amines) is 1. The molecule has 0 unspecified atom stereocenters. The molecular weight excluding hydrogens is 530 g/mol. The number of nitrogens with zero attached hydrogens (tertiary/aromatic N) is 5. The summed E-state index contributed by atoms with van der Waals surface area (Å²) in [6, 6.07) is 11.7. The van der Waals surface area contributed by atoms with E-state index in [9.17, 15) is 9.59 Å². The summed E-state index contributed by atoms with van der Waals surface area (Å²) in [4.78, 5) is 41.7. The highest BCUT2D eigenvalue weighted by molar-refractivity contribution is 7.99. The number of amides is 2. The maximum Gasteiger partial charge on any atom is 0.273 e. The van der Waals surface area contributed by atoms with Gasteiger partial charge in [-0.05, 0) is 49.2 Å². The molecule has 0 saturated carbocycles. The van der Waals surface area contributed by atoms with Crippen LogP contribution < -0.4 is 9.64 Å². The van der Waals surface area contributed by atoms with Crippen molar-refractivity contribution in [3.63, 3.8) is 0 Å². The van der Waals surface area contributed by atoms with Gasteiger partial charge in [-0.25, -0.2) is 9.97 Å². The second-order valence-electron chi connectivity index (χ2n) is 9.57. The van der Waals surface area contributed by atoms with Crippen LogP contribution in [-0.4, -0.2) is 83.7 Å². The predicted octanol–water partition coefficient (Wildman–Crippen LogP) is 4.81. The van der Waals surface area contributed by atoms with Crippen LogP contribution in [0.2, 0.25) is 0 Å². The molecular formula is C29H33N5O3S2. The molecule has 2 aliphatic heterocycles. The van der Waals surface area contributed by atoms with E-state index in [-0.39, 0.29) is 17.7 Å². The van der Waals surface area contributed by atoms with Crippen molar-refractivity contribution in [1.29, 1.82) is 0 Å². The summed E-state index contributed by atoms with van der Waals surface area (Å²) >= 11 is 3.09. The number of carbonyl (C=O) groups excluding carboxylic acids is 2. The van der Waals surface area contributed by atoms with Gasteiger partial charge in [0.1, 0.15) is 16.5 Å². The average molecular weight is 564 g/mol. The van der Waals surface area contributed by atoms with Crippen LogP contribution in [0.3, 0.4) is 0 Å². The molecule has 39 heavy (non-hydrogen) atoms. The largest absolute Gasteiger partial charge is 0.497 e. The molecule has 0 aliphatic carbocycles. The lowest BCUT2D eigenvalue weighted by Gasteiger charge is -2.35. The average Bonchev–Trinajstić information content (AvgIpc) is 3.50. The maximum atomic E-state index is 13.2. The number of anilines is 1. The minimum atomic E-state index is 0.000579. The van der Waals surface area contributed by atoms with Crippen LogP contribution in [0.5, 0.6) is 5.75 Å². The van der Waals surface area contributed by atoms with Gasteiger partial charge in [-0.15, -0.1) is 29.7 Å². The third-order valence-electron chi connectivity index (χ3n) is 7.22. The fourth-order valence-electron chi connectivity index (χ4n) is 5.00. The number of hydrogen-bond acceptors (Lipinski definition) is 8. The number of aromatic nitrogens is 2. The Morgan fingerprint density at radius 3 is 2.46 bits per heavy atom. The Hall–Kier alpha value is -3.37. The molecule has 0 bridgehead atoms. The van der Waals surface area contributed by atoms with E-state index in [2.05, 4.69) is 28.6 Å². The van der Waals surface area contributed by atoms with Gasteiger partial charge >= 0.3 is 0 Å². The first-order chi connectivity index (χ1) is 19.1. The van der Waals surface area contributed by atoms with E-state index in [0.29, 0.717) is 43.2 Å². The zero-order chi connectivity index (χ0) is 27.2. The zero-order valence-electron chi connectivity index (χ0n) is 22.1. The van der Waals surface area contributed by atoms with Crippen LogP contribution in [0, 0.1) is 0 Å². The second kappa shape index (κ2) is 12.7. The summed E-state index contributed by atoms with van der Waals surface area (Å²) in [5.74, 6) is 1.83. The number of ether oxygens (including phenoxy) is 1. The Kier molecular flexibility index (Phi) is 8.83. The molecule has 0 spiro atoms. The van der Waals surface area contributed by atoms with Crippen LogP contribution in [0.25, 0.3) is 0 Å². The minimum Gasteiger partial charge on any atom is -0.497 e. The van der Waals surface area contributed by atoms with Gasteiger partial charge in [-0.2, -0.15) is 0 Å². The Labute approximate surface area is 237 Å². The molecule has 0 atom stereocenters. The van der Waals surface area contributed by atoms with Gasteiger partial charge < -0.3 is 19.4 Å². The van der Waals surface area contributed by atoms with Crippen molar-refractivity contribution in [3.8, 4) is 5.75 Å². The van der Waals surface area contributed by atoms with Crippen molar-refractivity contribution < 1.29 is 14.3 Å². The summed E-state index contributed by atoms with van der Waals surface area (Å²) in [7, 11) is 1.66. The number of carbonyl (C=O) groups is 2. The van der Waals surface area contributed by atoms with Gasteiger partial charge in [0.25, 0.3) is 11.8 Å². The fourth-order valence-corrected chi connectivity index (χ4v) is 6.69. The molecule has 2 amide bonds. The highest BCUT2D eigenvalue weighted by Crippen LogP contribution is 2.32. The Morgan fingerprint density at radius 1 is 1.05 bits per heavy atom.